The van der Waals surface area contributed by atoms with Crippen LogP contribution in [0.1, 0.15) is 46.0 Å². The molecule has 0 fully saturated rings. The van der Waals surface area contributed by atoms with Gasteiger partial charge in [-0.3, -0.25) is 9.59 Å². The smallest absolute Gasteiger partial charge is 0.309 e. The normalized spacial score (nSPS) is 9.73. The largest absolute Gasteiger partial charge is 0.348 e. The molecule has 0 aliphatic carbocycles. The SMILES string of the molecule is CCCCCNC(=O)C(=O)NCCCC. The van der Waals surface area contributed by atoms with Gasteiger partial charge in [0.15, 0.2) is 0 Å². The summed E-state index contributed by atoms with van der Waals surface area (Å²) in [6.07, 6.45) is 5.05. The van der Waals surface area contributed by atoms with E-state index in [9.17, 15) is 9.59 Å². The van der Waals surface area contributed by atoms with Crippen LogP contribution in [0.15, 0.2) is 0 Å². The molecule has 0 unspecified atom stereocenters. The molecule has 88 valence electrons. The second kappa shape index (κ2) is 9.49. The van der Waals surface area contributed by atoms with Crippen molar-refractivity contribution in [2.45, 2.75) is 46.0 Å². The van der Waals surface area contributed by atoms with Gasteiger partial charge in [0.1, 0.15) is 0 Å². The predicted octanol–water partition coefficient (Wildman–Crippen LogP) is 1.21. The molecule has 0 aromatic carbocycles. The van der Waals surface area contributed by atoms with E-state index in [2.05, 4.69) is 17.6 Å². The summed E-state index contributed by atoms with van der Waals surface area (Å²) in [4.78, 5) is 22.3. The minimum absolute atomic E-state index is 0.512. The number of unbranched alkanes of at least 4 members (excludes halogenated alkanes) is 3. The Hall–Kier alpha value is -1.06. The maximum absolute atomic E-state index is 11.2. The molecule has 0 radical (unpaired) electrons. The summed E-state index contributed by atoms with van der Waals surface area (Å²) in [5, 5.41) is 5.17. The second-order valence-corrected chi connectivity index (χ2v) is 3.57. The van der Waals surface area contributed by atoms with Crippen molar-refractivity contribution in [2.75, 3.05) is 13.1 Å². The quantitative estimate of drug-likeness (QED) is 0.494. The van der Waals surface area contributed by atoms with Gasteiger partial charge < -0.3 is 10.6 Å². The van der Waals surface area contributed by atoms with Crippen LogP contribution in [0.3, 0.4) is 0 Å². The van der Waals surface area contributed by atoms with Crippen LogP contribution in [-0.2, 0) is 9.59 Å². The first-order valence-electron chi connectivity index (χ1n) is 5.78. The van der Waals surface area contributed by atoms with E-state index in [1.54, 1.807) is 0 Å². The van der Waals surface area contributed by atoms with E-state index in [4.69, 9.17) is 0 Å². The van der Waals surface area contributed by atoms with Gasteiger partial charge in [0.05, 0.1) is 0 Å². The Balaban J connectivity index is 3.47. The topological polar surface area (TPSA) is 58.2 Å². The van der Waals surface area contributed by atoms with E-state index in [-0.39, 0.29) is 0 Å². The zero-order valence-corrected chi connectivity index (χ0v) is 9.77. The van der Waals surface area contributed by atoms with Gasteiger partial charge in [0.25, 0.3) is 0 Å². The molecule has 0 aromatic heterocycles. The van der Waals surface area contributed by atoms with E-state index in [1.807, 2.05) is 6.92 Å². The maximum Gasteiger partial charge on any atom is 0.309 e. The fourth-order valence-corrected chi connectivity index (χ4v) is 1.12. The van der Waals surface area contributed by atoms with E-state index in [0.717, 1.165) is 32.1 Å². The molecule has 0 rings (SSSR count). The highest BCUT2D eigenvalue weighted by Gasteiger charge is 2.10. The Morgan fingerprint density at radius 2 is 1.27 bits per heavy atom. The highest BCUT2D eigenvalue weighted by atomic mass is 16.2. The molecular weight excluding hydrogens is 192 g/mol. The lowest BCUT2D eigenvalue weighted by Gasteiger charge is -2.05. The monoisotopic (exact) mass is 214 g/mol. The Labute approximate surface area is 91.8 Å². The van der Waals surface area contributed by atoms with Crippen LogP contribution in [0.5, 0.6) is 0 Å². The molecule has 0 saturated heterocycles. The highest BCUT2D eigenvalue weighted by Crippen LogP contribution is 1.90. The Bertz CT molecular complexity index is 193. The first kappa shape index (κ1) is 13.9. The van der Waals surface area contributed by atoms with Gasteiger partial charge >= 0.3 is 11.8 Å². The van der Waals surface area contributed by atoms with Crippen LogP contribution in [0.25, 0.3) is 0 Å². The number of carbonyl (C=O) groups is 2. The number of rotatable bonds is 7. The van der Waals surface area contributed by atoms with E-state index in [0.29, 0.717) is 13.1 Å². The van der Waals surface area contributed by atoms with Crippen molar-refractivity contribution in [3.05, 3.63) is 0 Å². The van der Waals surface area contributed by atoms with Crippen molar-refractivity contribution in [1.29, 1.82) is 0 Å². The number of nitrogens with one attached hydrogen (secondary N) is 2. The zero-order valence-electron chi connectivity index (χ0n) is 9.77. The Morgan fingerprint density at radius 1 is 0.800 bits per heavy atom. The third-order valence-electron chi connectivity index (χ3n) is 2.09. The molecule has 0 aliphatic rings. The molecular formula is C11H22N2O2. The van der Waals surface area contributed by atoms with Gasteiger partial charge in [-0.25, -0.2) is 0 Å². The molecule has 0 aliphatic heterocycles. The minimum Gasteiger partial charge on any atom is -0.348 e. The first-order valence-corrected chi connectivity index (χ1v) is 5.78. The Kier molecular flexibility index (Phi) is 8.82. The van der Waals surface area contributed by atoms with Gasteiger partial charge in [-0.1, -0.05) is 33.1 Å². The minimum atomic E-state index is -0.514. The predicted molar refractivity (Wildman–Crippen MR) is 60.5 cm³/mol. The van der Waals surface area contributed by atoms with Crippen molar-refractivity contribution >= 4 is 11.8 Å². The van der Waals surface area contributed by atoms with Crippen LogP contribution in [0.4, 0.5) is 0 Å². The maximum atomic E-state index is 11.2. The molecule has 0 saturated carbocycles. The van der Waals surface area contributed by atoms with Crippen molar-refractivity contribution < 1.29 is 9.59 Å². The number of amides is 2. The number of carbonyl (C=O) groups excluding carboxylic acids is 2. The van der Waals surface area contributed by atoms with Gasteiger partial charge in [-0.05, 0) is 12.8 Å². The third kappa shape index (κ3) is 7.97. The van der Waals surface area contributed by atoms with Crippen LogP contribution in [0.2, 0.25) is 0 Å². The van der Waals surface area contributed by atoms with Crippen molar-refractivity contribution in [3.63, 3.8) is 0 Å². The van der Waals surface area contributed by atoms with Gasteiger partial charge in [-0.15, -0.1) is 0 Å². The lowest BCUT2D eigenvalue weighted by atomic mass is 10.2. The number of hydrogen-bond acceptors (Lipinski definition) is 2. The van der Waals surface area contributed by atoms with E-state index >= 15 is 0 Å². The summed E-state index contributed by atoms with van der Waals surface area (Å²) in [6, 6.07) is 0. The van der Waals surface area contributed by atoms with Gasteiger partial charge in [-0.2, -0.15) is 0 Å². The van der Waals surface area contributed by atoms with Gasteiger partial charge in [0, 0.05) is 13.1 Å². The van der Waals surface area contributed by atoms with E-state index in [1.165, 1.54) is 0 Å². The molecule has 0 aromatic rings. The summed E-state index contributed by atoms with van der Waals surface area (Å²) in [5.41, 5.74) is 0. The molecule has 4 heteroatoms. The molecule has 2 amide bonds. The van der Waals surface area contributed by atoms with Crippen LogP contribution >= 0.6 is 0 Å². The number of hydrogen-bond donors (Lipinski definition) is 2. The van der Waals surface area contributed by atoms with Crippen molar-refractivity contribution in [3.8, 4) is 0 Å². The average Bonchev–Trinajstić information content (AvgIpc) is 2.24. The summed E-state index contributed by atoms with van der Waals surface area (Å²) in [5.74, 6) is -1.03. The third-order valence-corrected chi connectivity index (χ3v) is 2.09. The standard InChI is InChI=1S/C11H22N2O2/c1-3-5-7-9-13-11(15)10(14)12-8-6-4-2/h3-9H2,1-2H3,(H,12,14)(H,13,15). The molecule has 0 bridgehead atoms. The fourth-order valence-electron chi connectivity index (χ4n) is 1.12. The average molecular weight is 214 g/mol. The van der Waals surface area contributed by atoms with E-state index < -0.39 is 11.8 Å². The molecule has 0 spiro atoms. The summed E-state index contributed by atoms with van der Waals surface area (Å²) in [7, 11) is 0. The van der Waals surface area contributed by atoms with Crippen LogP contribution in [0, 0.1) is 0 Å². The lowest BCUT2D eigenvalue weighted by Crippen LogP contribution is -2.40. The zero-order chi connectivity index (χ0) is 11.5. The fraction of sp³-hybridized carbons (Fsp3) is 0.818. The lowest BCUT2D eigenvalue weighted by molar-refractivity contribution is -0.139. The Morgan fingerprint density at radius 3 is 1.73 bits per heavy atom. The molecule has 0 heterocycles. The van der Waals surface area contributed by atoms with Crippen molar-refractivity contribution in [1.82, 2.24) is 10.6 Å². The van der Waals surface area contributed by atoms with Gasteiger partial charge in [0.2, 0.25) is 0 Å². The van der Waals surface area contributed by atoms with Crippen molar-refractivity contribution in [2.24, 2.45) is 0 Å². The highest BCUT2D eigenvalue weighted by molar-refractivity contribution is 6.35. The second-order valence-electron chi connectivity index (χ2n) is 3.57. The van der Waals surface area contributed by atoms with Crippen LogP contribution < -0.4 is 10.6 Å². The summed E-state index contributed by atoms with van der Waals surface area (Å²) >= 11 is 0. The molecule has 15 heavy (non-hydrogen) atoms. The first-order chi connectivity index (χ1) is 7.22. The molecule has 0 atom stereocenters. The summed E-state index contributed by atoms with van der Waals surface area (Å²) in [6.45, 7) is 5.31. The van der Waals surface area contributed by atoms with Crippen LogP contribution in [-0.4, -0.2) is 24.9 Å². The molecule has 4 nitrogen and oxygen atoms in total. The molecule has 2 N–H and O–H groups in total. The summed E-state index contributed by atoms with van der Waals surface area (Å²) < 4.78 is 0.